The molecule has 2 rings (SSSR count). The molecule has 0 aliphatic carbocycles. The number of nitrogens with one attached hydrogen (secondary N) is 1. The minimum Gasteiger partial charge on any atom is -0.482 e. The van der Waals surface area contributed by atoms with Gasteiger partial charge < -0.3 is 14.8 Å². The van der Waals surface area contributed by atoms with E-state index in [9.17, 15) is 4.79 Å². The molecule has 0 aliphatic heterocycles. The van der Waals surface area contributed by atoms with E-state index in [1.54, 1.807) is 32.0 Å². The summed E-state index contributed by atoms with van der Waals surface area (Å²) in [5.74, 6) is 0.0293. The number of aromatic nitrogens is 2. The van der Waals surface area contributed by atoms with Crippen LogP contribution in [0.15, 0.2) is 18.2 Å². The number of carbonyl (C=O) groups excluding carboxylic acids is 1. The molecule has 1 heterocycles. The molecule has 8 heteroatoms. The lowest BCUT2D eigenvalue weighted by Gasteiger charge is -2.12. The molecule has 0 spiro atoms. The lowest BCUT2D eigenvalue weighted by Crippen LogP contribution is -2.22. The third-order valence-corrected chi connectivity index (χ3v) is 3.48. The van der Waals surface area contributed by atoms with Crippen molar-refractivity contribution in [2.24, 2.45) is 0 Å². The lowest BCUT2D eigenvalue weighted by molar-refractivity contribution is -0.118. The fourth-order valence-corrected chi connectivity index (χ4v) is 2.33. The molecular weight excluding hydrogens is 341 g/mol. The van der Waals surface area contributed by atoms with Crippen LogP contribution in [0, 0.1) is 13.8 Å². The van der Waals surface area contributed by atoms with Crippen molar-refractivity contribution in [1.82, 2.24) is 9.97 Å². The Labute approximate surface area is 143 Å². The number of anilines is 1. The minimum absolute atomic E-state index is 0.202. The molecular formula is C15H15Cl2N3O3. The van der Waals surface area contributed by atoms with Gasteiger partial charge >= 0.3 is 6.01 Å². The molecule has 6 nitrogen and oxygen atoms in total. The number of nitrogens with zero attached hydrogens (tertiary/aromatic N) is 2. The van der Waals surface area contributed by atoms with Gasteiger partial charge in [-0.2, -0.15) is 9.97 Å². The molecule has 0 aliphatic rings. The number of benzene rings is 1. The third-order valence-electron chi connectivity index (χ3n) is 2.95. The Kier molecular flexibility index (Phi) is 5.63. The van der Waals surface area contributed by atoms with Crippen molar-refractivity contribution in [3.8, 4) is 11.8 Å². The first-order valence-corrected chi connectivity index (χ1v) is 7.43. The highest BCUT2D eigenvalue weighted by molar-refractivity contribution is 6.35. The van der Waals surface area contributed by atoms with Crippen molar-refractivity contribution in [3.63, 3.8) is 0 Å². The molecule has 0 saturated heterocycles. The number of methoxy groups -OCH3 is 1. The second-order valence-electron chi connectivity index (χ2n) is 4.67. The second kappa shape index (κ2) is 7.48. The summed E-state index contributed by atoms with van der Waals surface area (Å²) >= 11 is 11.8. The molecule has 1 amide bonds. The van der Waals surface area contributed by atoms with Crippen LogP contribution < -0.4 is 14.8 Å². The maximum atomic E-state index is 12.0. The molecule has 0 fully saturated rings. The Hall–Kier alpha value is -2.05. The van der Waals surface area contributed by atoms with Crippen LogP contribution in [0.5, 0.6) is 11.8 Å². The zero-order chi connectivity index (χ0) is 17.0. The molecule has 0 atom stereocenters. The number of halogens is 2. The first kappa shape index (κ1) is 17.3. The molecule has 1 aromatic carbocycles. The molecule has 0 bridgehead atoms. The molecule has 122 valence electrons. The Bertz CT molecular complexity index is 715. The Balaban J connectivity index is 2.03. The fourth-order valence-electron chi connectivity index (χ4n) is 1.87. The Morgan fingerprint density at radius 3 is 2.43 bits per heavy atom. The van der Waals surface area contributed by atoms with Gasteiger partial charge in [0.1, 0.15) is 5.75 Å². The van der Waals surface area contributed by atoms with Crippen LogP contribution in [0.4, 0.5) is 5.69 Å². The zero-order valence-electron chi connectivity index (χ0n) is 12.8. The summed E-state index contributed by atoms with van der Waals surface area (Å²) in [5, 5.41) is 3.55. The van der Waals surface area contributed by atoms with Gasteiger partial charge in [-0.05, 0) is 32.0 Å². The van der Waals surface area contributed by atoms with Gasteiger partial charge in [0.2, 0.25) is 0 Å². The number of hydrogen-bond acceptors (Lipinski definition) is 5. The second-order valence-corrected chi connectivity index (χ2v) is 5.51. The first-order chi connectivity index (χ1) is 10.9. The van der Waals surface area contributed by atoms with Gasteiger partial charge in [-0.25, -0.2) is 0 Å². The molecule has 0 radical (unpaired) electrons. The third kappa shape index (κ3) is 4.46. The molecule has 2 aromatic rings. The van der Waals surface area contributed by atoms with E-state index >= 15 is 0 Å². The van der Waals surface area contributed by atoms with Gasteiger partial charge in [0.15, 0.2) is 6.61 Å². The summed E-state index contributed by atoms with van der Waals surface area (Å²) in [5.41, 5.74) is 1.74. The van der Waals surface area contributed by atoms with E-state index in [0.29, 0.717) is 32.9 Å². The van der Waals surface area contributed by atoms with Crippen LogP contribution in [-0.2, 0) is 4.79 Å². The predicted molar refractivity (Wildman–Crippen MR) is 88.6 cm³/mol. The van der Waals surface area contributed by atoms with E-state index in [4.69, 9.17) is 32.7 Å². The first-order valence-electron chi connectivity index (χ1n) is 6.67. The number of rotatable bonds is 5. The monoisotopic (exact) mass is 355 g/mol. The van der Waals surface area contributed by atoms with Crippen LogP contribution in [0.2, 0.25) is 10.0 Å². The quantitative estimate of drug-likeness (QED) is 0.889. The standard InChI is InChI=1S/C15H15Cl2N3O3/c1-8-14(9(2)19-15(18-8)22-3)20-13(21)7-23-12-5-4-10(16)6-11(12)17/h4-6H,7H2,1-3H3,(H,20,21). The minimum atomic E-state index is -0.351. The summed E-state index contributed by atoms with van der Waals surface area (Å²) in [4.78, 5) is 20.3. The largest absolute Gasteiger partial charge is 0.482 e. The SMILES string of the molecule is COc1nc(C)c(NC(=O)COc2ccc(Cl)cc2Cl)c(C)n1. The Morgan fingerprint density at radius 2 is 1.87 bits per heavy atom. The Morgan fingerprint density at radius 1 is 1.22 bits per heavy atom. The highest BCUT2D eigenvalue weighted by Crippen LogP contribution is 2.27. The van der Waals surface area contributed by atoms with E-state index in [1.807, 2.05) is 0 Å². The van der Waals surface area contributed by atoms with Gasteiger partial charge in [-0.3, -0.25) is 4.79 Å². The topological polar surface area (TPSA) is 73.3 Å². The normalized spacial score (nSPS) is 10.3. The highest BCUT2D eigenvalue weighted by Gasteiger charge is 2.13. The number of ether oxygens (including phenoxy) is 2. The average Bonchev–Trinajstić information content (AvgIpc) is 2.49. The van der Waals surface area contributed by atoms with Gasteiger partial charge in [0, 0.05) is 5.02 Å². The van der Waals surface area contributed by atoms with Crippen molar-refractivity contribution >= 4 is 34.8 Å². The van der Waals surface area contributed by atoms with Gasteiger partial charge in [-0.1, -0.05) is 23.2 Å². The number of hydrogen-bond donors (Lipinski definition) is 1. The summed E-state index contributed by atoms with van der Waals surface area (Å²) in [7, 11) is 1.48. The number of amides is 1. The molecule has 0 unspecified atom stereocenters. The summed E-state index contributed by atoms with van der Waals surface area (Å²) in [6.45, 7) is 3.31. The van der Waals surface area contributed by atoms with Crippen molar-refractivity contribution < 1.29 is 14.3 Å². The van der Waals surface area contributed by atoms with Crippen LogP contribution in [0.25, 0.3) is 0 Å². The van der Waals surface area contributed by atoms with Crippen LogP contribution in [0.1, 0.15) is 11.4 Å². The highest BCUT2D eigenvalue weighted by atomic mass is 35.5. The zero-order valence-corrected chi connectivity index (χ0v) is 14.3. The van der Waals surface area contributed by atoms with Crippen molar-refractivity contribution in [2.75, 3.05) is 19.0 Å². The number of carbonyl (C=O) groups is 1. The van der Waals surface area contributed by atoms with E-state index in [1.165, 1.54) is 7.11 Å². The van der Waals surface area contributed by atoms with Crippen LogP contribution in [-0.4, -0.2) is 29.6 Å². The lowest BCUT2D eigenvalue weighted by atomic mass is 10.3. The molecule has 1 N–H and O–H groups in total. The molecule has 1 aromatic heterocycles. The molecule has 0 saturated carbocycles. The summed E-state index contributed by atoms with van der Waals surface area (Å²) in [6, 6.07) is 5.03. The molecule has 23 heavy (non-hydrogen) atoms. The predicted octanol–water partition coefficient (Wildman–Crippen LogP) is 3.43. The van der Waals surface area contributed by atoms with E-state index in [0.717, 1.165) is 0 Å². The van der Waals surface area contributed by atoms with Crippen molar-refractivity contribution in [2.45, 2.75) is 13.8 Å². The maximum absolute atomic E-state index is 12.0. The average molecular weight is 356 g/mol. The fraction of sp³-hybridized carbons (Fsp3) is 0.267. The van der Waals surface area contributed by atoms with E-state index in [2.05, 4.69) is 15.3 Å². The number of aryl methyl sites for hydroxylation is 2. The maximum Gasteiger partial charge on any atom is 0.316 e. The smallest absolute Gasteiger partial charge is 0.316 e. The summed E-state index contributed by atoms with van der Waals surface area (Å²) in [6.07, 6.45) is 0. The van der Waals surface area contributed by atoms with Gasteiger partial charge in [0.25, 0.3) is 5.91 Å². The van der Waals surface area contributed by atoms with Gasteiger partial charge in [-0.15, -0.1) is 0 Å². The van der Waals surface area contributed by atoms with Gasteiger partial charge in [0.05, 0.1) is 29.2 Å². The van der Waals surface area contributed by atoms with Crippen molar-refractivity contribution in [1.29, 1.82) is 0 Å². The van der Waals surface area contributed by atoms with Crippen LogP contribution >= 0.6 is 23.2 Å². The van der Waals surface area contributed by atoms with E-state index < -0.39 is 0 Å². The summed E-state index contributed by atoms with van der Waals surface area (Å²) < 4.78 is 10.4. The van der Waals surface area contributed by atoms with Crippen molar-refractivity contribution in [3.05, 3.63) is 39.6 Å². The van der Waals surface area contributed by atoms with Crippen LogP contribution in [0.3, 0.4) is 0 Å². The van der Waals surface area contributed by atoms with E-state index in [-0.39, 0.29) is 18.5 Å².